The summed E-state index contributed by atoms with van der Waals surface area (Å²) < 4.78 is 10.7. The number of hydrazone groups is 1. The number of amides is 1. The van der Waals surface area contributed by atoms with Crippen molar-refractivity contribution >= 4 is 34.5 Å². The first kappa shape index (κ1) is 18.7. The van der Waals surface area contributed by atoms with Gasteiger partial charge in [-0.3, -0.25) is 4.79 Å². The highest BCUT2D eigenvalue weighted by molar-refractivity contribution is 6.31. The second-order valence-corrected chi connectivity index (χ2v) is 6.34. The summed E-state index contributed by atoms with van der Waals surface area (Å²) in [6.45, 7) is 1.88. The number of fused-ring (bicyclic) bond motifs is 1. The molecule has 6 heteroatoms. The first-order valence-electron chi connectivity index (χ1n) is 8.28. The first-order valence-corrected chi connectivity index (χ1v) is 8.65. The molecule has 0 aliphatic heterocycles. The van der Waals surface area contributed by atoms with E-state index in [2.05, 4.69) is 10.5 Å². The van der Waals surface area contributed by atoms with Gasteiger partial charge in [-0.1, -0.05) is 29.8 Å². The van der Waals surface area contributed by atoms with Gasteiger partial charge in [-0.05, 0) is 53.6 Å². The molecule has 3 rings (SSSR count). The topological polar surface area (TPSA) is 59.9 Å². The summed E-state index contributed by atoms with van der Waals surface area (Å²) in [5.74, 6) is 1.03. The van der Waals surface area contributed by atoms with E-state index in [-0.39, 0.29) is 5.91 Å². The summed E-state index contributed by atoms with van der Waals surface area (Å²) in [5.41, 5.74) is 4.62. The van der Waals surface area contributed by atoms with E-state index in [1.54, 1.807) is 38.6 Å². The van der Waals surface area contributed by atoms with E-state index in [0.29, 0.717) is 16.3 Å². The number of carbonyl (C=O) groups is 1. The van der Waals surface area contributed by atoms with Crippen LogP contribution in [0.2, 0.25) is 5.02 Å². The number of rotatable bonds is 5. The van der Waals surface area contributed by atoms with Crippen molar-refractivity contribution in [1.29, 1.82) is 0 Å². The molecule has 0 saturated heterocycles. The van der Waals surface area contributed by atoms with Crippen LogP contribution < -0.4 is 14.9 Å². The number of methoxy groups -OCH3 is 2. The lowest BCUT2D eigenvalue weighted by Gasteiger charge is -2.10. The molecule has 0 saturated carbocycles. The molecule has 0 aromatic heterocycles. The number of carbonyl (C=O) groups excluding carboxylic acids is 1. The summed E-state index contributed by atoms with van der Waals surface area (Å²) in [6, 6.07) is 14.7. The summed E-state index contributed by atoms with van der Waals surface area (Å²) >= 11 is 6.07. The molecule has 0 unspecified atom stereocenters. The van der Waals surface area contributed by atoms with E-state index in [0.717, 1.165) is 27.6 Å². The second-order valence-electron chi connectivity index (χ2n) is 5.93. The summed E-state index contributed by atoms with van der Waals surface area (Å²) in [4.78, 5) is 12.3. The van der Waals surface area contributed by atoms with Crippen molar-refractivity contribution < 1.29 is 14.3 Å². The highest BCUT2D eigenvalue weighted by Gasteiger charge is 2.09. The Labute approximate surface area is 162 Å². The number of ether oxygens (including phenoxy) is 2. The third-order valence-electron chi connectivity index (χ3n) is 4.24. The van der Waals surface area contributed by atoms with Gasteiger partial charge in [0.2, 0.25) is 0 Å². The number of nitrogens with one attached hydrogen (secondary N) is 1. The number of aryl methyl sites for hydroxylation is 1. The van der Waals surface area contributed by atoms with E-state index in [1.807, 2.05) is 37.3 Å². The molecule has 1 amide bonds. The Bertz CT molecular complexity index is 1030. The Balaban J connectivity index is 1.90. The molecular formula is C21H19ClN2O3. The molecule has 5 nitrogen and oxygen atoms in total. The summed E-state index contributed by atoms with van der Waals surface area (Å²) in [7, 11) is 3.20. The van der Waals surface area contributed by atoms with E-state index >= 15 is 0 Å². The number of nitrogens with zero attached hydrogens (tertiary/aromatic N) is 1. The van der Waals surface area contributed by atoms with Crippen molar-refractivity contribution in [1.82, 2.24) is 5.43 Å². The van der Waals surface area contributed by atoms with Crippen LogP contribution in [0.3, 0.4) is 0 Å². The van der Waals surface area contributed by atoms with Crippen molar-refractivity contribution in [2.45, 2.75) is 6.92 Å². The molecule has 0 spiro atoms. The lowest BCUT2D eigenvalue weighted by molar-refractivity contribution is 0.0955. The van der Waals surface area contributed by atoms with Crippen LogP contribution in [0.15, 0.2) is 53.6 Å². The Morgan fingerprint density at radius 1 is 1.07 bits per heavy atom. The van der Waals surface area contributed by atoms with Gasteiger partial charge in [0.1, 0.15) is 11.5 Å². The molecule has 0 heterocycles. The molecule has 138 valence electrons. The largest absolute Gasteiger partial charge is 0.497 e. The second kappa shape index (κ2) is 8.10. The lowest BCUT2D eigenvalue weighted by atomic mass is 10.0. The third-order valence-corrected chi connectivity index (χ3v) is 4.65. The predicted octanol–water partition coefficient (Wildman–Crippen LogP) is 4.58. The summed E-state index contributed by atoms with van der Waals surface area (Å²) in [5, 5.41) is 6.55. The van der Waals surface area contributed by atoms with Crippen molar-refractivity contribution in [3.8, 4) is 11.5 Å². The Kier molecular flexibility index (Phi) is 5.62. The van der Waals surface area contributed by atoms with E-state index < -0.39 is 0 Å². The molecule has 3 aromatic rings. The minimum atomic E-state index is -0.343. The average Bonchev–Trinajstić information content (AvgIpc) is 2.69. The minimum Gasteiger partial charge on any atom is -0.497 e. The number of hydrogen-bond acceptors (Lipinski definition) is 4. The SMILES string of the molecule is COc1ccc2ccc(OC)c(/C=N\NC(=O)c3ccc(C)c(Cl)c3)c2c1. The van der Waals surface area contributed by atoms with Crippen LogP contribution in [-0.2, 0) is 0 Å². The van der Waals surface area contributed by atoms with Crippen molar-refractivity contribution in [3.05, 3.63) is 70.2 Å². The van der Waals surface area contributed by atoms with Crippen LogP contribution in [0, 0.1) is 6.92 Å². The highest BCUT2D eigenvalue weighted by Crippen LogP contribution is 2.29. The Morgan fingerprint density at radius 3 is 2.56 bits per heavy atom. The number of hydrogen-bond donors (Lipinski definition) is 1. The van der Waals surface area contributed by atoms with Crippen LogP contribution in [0.25, 0.3) is 10.8 Å². The van der Waals surface area contributed by atoms with Crippen LogP contribution in [0.1, 0.15) is 21.5 Å². The van der Waals surface area contributed by atoms with Crippen molar-refractivity contribution in [2.75, 3.05) is 14.2 Å². The maximum Gasteiger partial charge on any atom is 0.271 e. The number of benzene rings is 3. The molecule has 0 fully saturated rings. The zero-order chi connectivity index (χ0) is 19.4. The quantitative estimate of drug-likeness (QED) is 0.519. The van der Waals surface area contributed by atoms with E-state index in [9.17, 15) is 4.79 Å². The fourth-order valence-electron chi connectivity index (χ4n) is 2.69. The van der Waals surface area contributed by atoms with E-state index in [4.69, 9.17) is 21.1 Å². The lowest BCUT2D eigenvalue weighted by Crippen LogP contribution is -2.17. The van der Waals surface area contributed by atoms with Gasteiger partial charge in [-0.2, -0.15) is 5.10 Å². The fraction of sp³-hybridized carbons (Fsp3) is 0.143. The molecule has 0 atom stereocenters. The van der Waals surface area contributed by atoms with Gasteiger partial charge in [0.25, 0.3) is 5.91 Å². The van der Waals surface area contributed by atoms with Gasteiger partial charge >= 0.3 is 0 Å². The zero-order valence-electron chi connectivity index (χ0n) is 15.2. The van der Waals surface area contributed by atoms with Gasteiger partial charge in [0.05, 0.1) is 20.4 Å². The smallest absolute Gasteiger partial charge is 0.271 e. The van der Waals surface area contributed by atoms with E-state index in [1.165, 1.54) is 0 Å². The van der Waals surface area contributed by atoms with Gasteiger partial charge in [0.15, 0.2) is 0 Å². The predicted molar refractivity (Wildman–Crippen MR) is 108 cm³/mol. The molecule has 3 aromatic carbocycles. The summed E-state index contributed by atoms with van der Waals surface area (Å²) in [6.07, 6.45) is 1.56. The monoisotopic (exact) mass is 382 g/mol. The van der Waals surface area contributed by atoms with Gasteiger partial charge in [-0.25, -0.2) is 5.43 Å². The maximum atomic E-state index is 12.3. The minimum absolute atomic E-state index is 0.343. The number of halogens is 1. The molecular weight excluding hydrogens is 364 g/mol. The van der Waals surface area contributed by atoms with Crippen LogP contribution >= 0.6 is 11.6 Å². The van der Waals surface area contributed by atoms with Crippen LogP contribution in [0.4, 0.5) is 0 Å². The van der Waals surface area contributed by atoms with Crippen LogP contribution in [0.5, 0.6) is 11.5 Å². The molecule has 0 aliphatic rings. The van der Waals surface area contributed by atoms with Crippen molar-refractivity contribution in [3.63, 3.8) is 0 Å². The van der Waals surface area contributed by atoms with Gasteiger partial charge in [0, 0.05) is 16.1 Å². The zero-order valence-corrected chi connectivity index (χ0v) is 16.0. The van der Waals surface area contributed by atoms with Crippen LogP contribution in [-0.4, -0.2) is 26.3 Å². The molecule has 0 aliphatic carbocycles. The maximum absolute atomic E-state index is 12.3. The molecule has 27 heavy (non-hydrogen) atoms. The van der Waals surface area contributed by atoms with Gasteiger partial charge < -0.3 is 9.47 Å². The third kappa shape index (κ3) is 4.04. The van der Waals surface area contributed by atoms with Gasteiger partial charge in [-0.15, -0.1) is 0 Å². The Hall–Kier alpha value is -3.05. The standard InChI is InChI=1S/C21H19ClN2O3/c1-13-4-5-15(10-19(13)22)21(25)24-23-12-18-17-11-16(26-2)8-6-14(17)7-9-20(18)27-3/h4-12H,1-3H3,(H,24,25)/b23-12-. The highest BCUT2D eigenvalue weighted by atomic mass is 35.5. The molecule has 0 bridgehead atoms. The molecule has 1 N–H and O–H groups in total. The molecule has 0 radical (unpaired) electrons. The normalized spacial score (nSPS) is 11.0. The fourth-order valence-corrected chi connectivity index (χ4v) is 2.87. The first-order chi connectivity index (χ1) is 13.0. The van der Waals surface area contributed by atoms with Crippen molar-refractivity contribution in [2.24, 2.45) is 5.10 Å². The average molecular weight is 383 g/mol. The Morgan fingerprint density at radius 2 is 1.85 bits per heavy atom.